The van der Waals surface area contributed by atoms with Crippen molar-refractivity contribution in [1.82, 2.24) is 9.97 Å². The van der Waals surface area contributed by atoms with Crippen LogP contribution in [0.25, 0.3) is 0 Å². The lowest BCUT2D eigenvalue weighted by Crippen LogP contribution is -2.17. The van der Waals surface area contributed by atoms with Crippen LogP contribution >= 0.6 is 11.3 Å². The Hall–Kier alpha value is -3.26. The summed E-state index contributed by atoms with van der Waals surface area (Å²) in [6.45, 7) is 0. The summed E-state index contributed by atoms with van der Waals surface area (Å²) >= 11 is 1.23. The molecular formula is C17H14N4O3S. The molecule has 1 aromatic carbocycles. The molecule has 0 bridgehead atoms. The molecule has 0 aliphatic rings. The van der Waals surface area contributed by atoms with Gasteiger partial charge < -0.3 is 15.4 Å². The summed E-state index contributed by atoms with van der Waals surface area (Å²) < 4.78 is 5.13. The van der Waals surface area contributed by atoms with Crippen LogP contribution in [-0.4, -0.2) is 28.9 Å². The Bertz CT molecular complexity index is 896. The van der Waals surface area contributed by atoms with Crippen LogP contribution < -0.4 is 15.4 Å². The first-order chi connectivity index (χ1) is 12.2. The Kier molecular flexibility index (Phi) is 5.00. The quantitative estimate of drug-likeness (QED) is 0.734. The maximum Gasteiger partial charge on any atom is 0.275 e. The molecule has 0 aliphatic carbocycles. The normalized spacial score (nSPS) is 10.1. The Labute approximate surface area is 147 Å². The van der Waals surface area contributed by atoms with E-state index < -0.39 is 5.91 Å². The maximum absolute atomic E-state index is 12.5. The van der Waals surface area contributed by atoms with Crippen LogP contribution in [0.5, 0.6) is 5.75 Å². The number of carbonyl (C=O) groups excluding carboxylic acids is 2. The monoisotopic (exact) mass is 354 g/mol. The largest absolute Gasteiger partial charge is 0.497 e. The third-order valence-electron chi connectivity index (χ3n) is 3.24. The molecule has 7 nitrogen and oxygen atoms in total. The zero-order valence-corrected chi connectivity index (χ0v) is 14.0. The second-order valence-electron chi connectivity index (χ2n) is 4.89. The first-order valence-corrected chi connectivity index (χ1v) is 8.15. The number of aromatic nitrogens is 2. The molecule has 3 aromatic rings. The van der Waals surface area contributed by atoms with E-state index >= 15 is 0 Å². The van der Waals surface area contributed by atoms with E-state index in [0.717, 1.165) is 0 Å². The van der Waals surface area contributed by atoms with Gasteiger partial charge in [-0.1, -0.05) is 6.07 Å². The van der Waals surface area contributed by atoms with Gasteiger partial charge in [-0.05, 0) is 23.6 Å². The van der Waals surface area contributed by atoms with Crippen LogP contribution in [-0.2, 0) is 0 Å². The van der Waals surface area contributed by atoms with Gasteiger partial charge >= 0.3 is 0 Å². The third-order valence-corrected chi connectivity index (χ3v) is 4.16. The zero-order chi connectivity index (χ0) is 17.6. The van der Waals surface area contributed by atoms with Gasteiger partial charge in [-0.15, -0.1) is 11.3 Å². The molecule has 25 heavy (non-hydrogen) atoms. The summed E-state index contributed by atoms with van der Waals surface area (Å²) in [7, 11) is 1.56. The molecule has 0 fully saturated rings. The number of hydrogen-bond donors (Lipinski definition) is 2. The molecular weight excluding hydrogens is 340 g/mol. The molecule has 0 saturated carbocycles. The number of nitrogens with one attached hydrogen (secondary N) is 2. The van der Waals surface area contributed by atoms with Gasteiger partial charge in [-0.2, -0.15) is 0 Å². The van der Waals surface area contributed by atoms with Crippen molar-refractivity contribution in [2.45, 2.75) is 0 Å². The van der Waals surface area contributed by atoms with Crippen LogP contribution in [0.2, 0.25) is 0 Å². The average Bonchev–Trinajstić information content (AvgIpc) is 3.11. The van der Waals surface area contributed by atoms with Crippen LogP contribution in [0, 0.1) is 0 Å². The number of anilines is 2. The minimum absolute atomic E-state index is 0.174. The second kappa shape index (κ2) is 7.54. The van der Waals surface area contributed by atoms with Gasteiger partial charge in [-0.25, -0.2) is 4.98 Å². The van der Waals surface area contributed by atoms with Crippen LogP contribution in [0.1, 0.15) is 20.2 Å². The number of hydrogen-bond acceptors (Lipinski definition) is 6. The number of rotatable bonds is 5. The molecule has 0 aliphatic heterocycles. The van der Waals surface area contributed by atoms with Crippen molar-refractivity contribution in [2.75, 3.05) is 17.7 Å². The number of ether oxygens (including phenoxy) is 1. The highest BCUT2D eigenvalue weighted by atomic mass is 32.1. The molecule has 0 unspecified atom stereocenters. The van der Waals surface area contributed by atoms with E-state index in [1.165, 1.54) is 29.9 Å². The van der Waals surface area contributed by atoms with Gasteiger partial charge in [0.2, 0.25) is 0 Å². The van der Waals surface area contributed by atoms with Crippen molar-refractivity contribution >= 4 is 34.5 Å². The Balaban J connectivity index is 1.74. The number of methoxy groups -OCH3 is 1. The predicted octanol–water partition coefficient (Wildman–Crippen LogP) is 3.05. The molecule has 2 amide bonds. The van der Waals surface area contributed by atoms with Crippen LogP contribution in [0.15, 0.2) is 54.3 Å². The molecule has 8 heteroatoms. The van der Waals surface area contributed by atoms with E-state index in [4.69, 9.17) is 4.74 Å². The molecule has 0 radical (unpaired) electrons. The summed E-state index contributed by atoms with van der Waals surface area (Å²) in [6.07, 6.45) is 4.27. The van der Waals surface area contributed by atoms with E-state index in [9.17, 15) is 9.59 Å². The van der Waals surface area contributed by atoms with E-state index in [1.54, 1.807) is 42.8 Å². The van der Waals surface area contributed by atoms with Crippen molar-refractivity contribution in [2.24, 2.45) is 0 Å². The Morgan fingerprint density at radius 1 is 1.12 bits per heavy atom. The minimum atomic E-state index is -0.429. The van der Waals surface area contributed by atoms with Crippen molar-refractivity contribution in [3.8, 4) is 5.75 Å². The lowest BCUT2D eigenvalue weighted by atomic mass is 10.3. The smallest absolute Gasteiger partial charge is 0.275 e. The minimum Gasteiger partial charge on any atom is -0.497 e. The second-order valence-corrected chi connectivity index (χ2v) is 5.81. The van der Waals surface area contributed by atoms with E-state index in [-0.39, 0.29) is 11.6 Å². The highest BCUT2D eigenvalue weighted by molar-refractivity contribution is 7.12. The number of amides is 2. The van der Waals surface area contributed by atoms with Gasteiger partial charge in [0.15, 0.2) is 0 Å². The van der Waals surface area contributed by atoms with E-state index in [2.05, 4.69) is 20.6 Å². The number of thiophene rings is 1. The van der Waals surface area contributed by atoms with Gasteiger partial charge in [0, 0.05) is 24.1 Å². The molecule has 3 rings (SSSR count). The SMILES string of the molecule is COc1cccc(NC(=O)c2sccc2NC(=O)c2cnccn2)c1. The molecule has 2 heterocycles. The summed E-state index contributed by atoms with van der Waals surface area (Å²) in [4.78, 5) is 32.8. The molecule has 126 valence electrons. The van der Waals surface area contributed by atoms with Crippen molar-refractivity contribution in [3.05, 3.63) is 64.9 Å². The Morgan fingerprint density at radius 2 is 2.00 bits per heavy atom. The molecule has 0 spiro atoms. The molecule has 0 atom stereocenters. The number of nitrogens with zero attached hydrogens (tertiary/aromatic N) is 2. The summed E-state index contributed by atoms with van der Waals surface area (Å²) in [5, 5.41) is 7.19. The van der Waals surface area contributed by atoms with Gasteiger partial charge in [0.05, 0.1) is 19.0 Å². The average molecular weight is 354 g/mol. The summed E-state index contributed by atoms with van der Waals surface area (Å²) in [5.74, 6) is -0.111. The Morgan fingerprint density at radius 3 is 2.76 bits per heavy atom. The van der Waals surface area contributed by atoms with Crippen molar-refractivity contribution in [3.63, 3.8) is 0 Å². The fourth-order valence-corrected chi connectivity index (χ4v) is 2.82. The number of benzene rings is 1. The topological polar surface area (TPSA) is 93.2 Å². The summed E-state index contributed by atoms with van der Waals surface area (Å²) in [6, 6.07) is 8.70. The fraction of sp³-hybridized carbons (Fsp3) is 0.0588. The lowest BCUT2D eigenvalue weighted by Gasteiger charge is -2.08. The fourth-order valence-electron chi connectivity index (χ4n) is 2.07. The zero-order valence-electron chi connectivity index (χ0n) is 13.2. The first kappa shape index (κ1) is 16.6. The van der Waals surface area contributed by atoms with Gasteiger partial charge in [-0.3, -0.25) is 14.6 Å². The van der Waals surface area contributed by atoms with Crippen molar-refractivity contribution in [1.29, 1.82) is 0 Å². The summed E-state index contributed by atoms with van der Waals surface area (Å²) in [5.41, 5.74) is 1.19. The molecule has 0 saturated heterocycles. The van der Waals surface area contributed by atoms with Gasteiger partial charge in [0.25, 0.3) is 11.8 Å². The van der Waals surface area contributed by atoms with Crippen molar-refractivity contribution < 1.29 is 14.3 Å². The van der Waals surface area contributed by atoms with E-state index in [1.807, 2.05) is 0 Å². The molecule has 2 aromatic heterocycles. The van der Waals surface area contributed by atoms with Gasteiger partial charge in [0.1, 0.15) is 16.3 Å². The highest BCUT2D eigenvalue weighted by Crippen LogP contribution is 2.25. The van der Waals surface area contributed by atoms with E-state index in [0.29, 0.717) is 22.0 Å². The highest BCUT2D eigenvalue weighted by Gasteiger charge is 2.17. The number of carbonyl (C=O) groups is 2. The maximum atomic E-state index is 12.5. The van der Waals surface area contributed by atoms with Crippen LogP contribution in [0.4, 0.5) is 11.4 Å². The lowest BCUT2D eigenvalue weighted by molar-refractivity contribution is 0.102. The standard InChI is InChI=1S/C17H14N4O3S/c1-24-12-4-2-3-11(9-12)20-17(23)15-13(5-8-25-15)21-16(22)14-10-18-6-7-19-14/h2-10H,1H3,(H,20,23)(H,21,22). The third kappa shape index (κ3) is 3.99. The van der Waals surface area contributed by atoms with Crippen LogP contribution in [0.3, 0.4) is 0 Å². The predicted molar refractivity (Wildman–Crippen MR) is 95.3 cm³/mol. The molecule has 2 N–H and O–H groups in total. The first-order valence-electron chi connectivity index (χ1n) is 7.27.